The molecular weight excluding hydrogens is 238 g/mol. The van der Waals surface area contributed by atoms with E-state index in [2.05, 4.69) is 59.0 Å². The third kappa shape index (κ3) is 5.11. The van der Waals surface area contributed by atoms with Crippen LogP contribution in [0.15, 0.2) is 12.1 Å². The van der Waals surface area contributed by atoms with Crippen molar-refractivity contribution in [2.24, 2.45) is 5.41 Å². The molecule has 1 N–H and O–H groups in total. The first kappa shape index (κ1) is 15.7. The minimum Gasteiger partial charge on any atom is -0.312 e. The van der Waals surface area contributed by atoms with Gasteiger partial charge in [0.15, 0.2) is 0 Å². The Morgan fingerprint density at radius 3 is 2.11 bits per heavy atom. The first-order chi connectivity index (χ1) is 8.28. The molecule has 1 unspecified atom stereocenters. The number of hydrogen-bond acceptors (Lipinski definition) is 2. The second-order valence-electron chi connectivity index (χ2n) is 6.67. The normalized spacial score (nSPS) is 15.7. The van der Waals surface area contributed by atoms with Crippen LogP contribution in [0.2, 0.25) is 0 Å². The van der Waals surface area contributed by atoms with Gasteiger partial charge >= 0.3 is 0 Å². The summed E-state index contributed by atoms with van der Waals surface area (Å²) in [5, 5.41) is 3.66. The molecule has 1 heterocycles. The lowest BCUT2D eigenvalue weighted by molar-refractivity contribution is 0.256. The zero-order valence-electron chi connectivity index (χ0n) is 12.9. The highest BCUT2D eigenvalue weighted by atomic mass is 32.1. The van der Waals surface area contributed by atoms with Crippen molar-refractivity contribution in [3.05, 3.63) is 21.9 Å². The molecule has 0 aliphatic heterocycles. The third-order valence-electron chi connectivity index (χ3n) is 3.57. The Bertz CT molecular complexity index is 361. The molecule has 1 nitrogen and oxygen atoms in total. The molecule has 0 radical (unpaired) electrons. The van der Waals surface area contributed by atoms with E-state index in [1.165, 1.54) is 22.6 Å². The first-order valence-electron chi connectivity index (χ1n) is 7.10. The molecule has 1 aromatic heterocycles. The predicted octanol–water partition coefficient (Wildman–Crippen LogP) is 4.66. The molecule has 0 aliphatic rings. The Balaban J connectivity index is 2.64. The molecule has 0 bridgehead atoms. The second kappa shape index (κ2) is 6.21. The van der Waals surface area contributed by atoms with Gasteiger partial charge < -0.3 is 5.32 Å². The van der Waals surface area contributed by atoms with Gasteiger partial charge in [0.25, 0.3) is 0 Å². The summed E-state index contributed by atoms with van der Waals surface area (Å²) in [5.74, 6) is 0. The minimum atomic E-state index is 0.209. The van der Waals surface area contributed by atoms with E-state index in [0.29, 0.717) is 5.41 Å². The lowest BCUT2D eigenvalue weighted by atomic mass is 9.82. The van der Waals surface area contributed by atoms with E-state index < -0.39 is 0 Å². The summed E-state index contributed by atoms with van der Waals surface area (Å²) < 4.78 is 0. The molecule has 0 saturated carbocycles. The molecule has 18 heavy (non-hydrogen) atoms. The fourth-order valence-corrected chi connectivity index (χ4v) is 3.09. The Morgan fingerprint density at radius 1 is 1.06 bits per heavy atom. The average Bonchev–Trinajstić information content (AvgIpc) is 2.73. The zero-order valence-corrected chi connectivity index (χ0v) is 13.7. The third-order valence-corrected chi connectivity index (χ3v) is 4.80. The number of nitrogens with one attached hydrogen (secondary N) is 1. The summed E-state index contributed by atoms with van der Waals surface area (Å²) in [6.07, 6.45) is 3.57. The Morgan fingerprint density at radius 2 is 1.67 bits per heavy atom. The van der Waals surface area contributed by atoms with Crippen LogP contribution in [0.3, 0.4) is 0 Å². The molecule has 0 aromatic carbocycles. The van der Waals surface area contributed by atoms with Crippen molar-refractivity contribution in [3.63, 3.8) is 0 Å². The standard InChI is InChI=1S/C16H29NS/c1-7-13-9-10-14(18-13)11-16(6,8-2)12-17-15(3,4)5/h9-10,17H,7-8,11-12H2,1-6H3. The Hall–Kier alpha value is -0.340. The largest absolute Gasteiger partial charge is 0.312 e. The van der Waals surface area contributed by atoms with Crippen LogP contribution in [0, 0.1) is 5.41 Å². The molecule has 0 saturated heterocycles. The number of thiophene rings is 1. The molecular formula is C16H29NS. The molecule has 1 aromatic rings. The molecule has 1 atom stereocenters. The summed E-state index contributed by atoms with van der Waals surface area (Å²) in [6.45, 7) is 14.7. The van der Waals surface area contributed by atoms with Gasteiger partial charge in [0.1, 0.15) is 0 Å². The summed E-state index contributed by atoms with van der Waals surface area (Å²) in [4.78, 5) is 3.04. The molecule has 104 valence electrons. The summed E-state index contributed by atoms with van der Waals surface area (Å²) in [7, 11) is 0. The first-order valence-corrected chi connectivity index (χ1v) is 7.92. The molecule has 2 heteroatoms. The van der Waals surface area contributed by atoms with Gasteiger partial charge in [-0.3, -0.25) is 0 Å². The van der Waals surface area contributed by atoms with Crippen LogP contribution in [0.1, 0.15) is 57.7 Å². The van der Waals surface area contributed by atoms with Crippen LogP contribution < -0.4 is 5.32 Å². The molecule has 0 aliphatic carbocycles. The maximum absolute atomic E-state index is 3.66. The van der Waals surface area contributed by atoms with Gasteiger partial charge in [-0.1, -0.05) is 20.8 Å². The minimum absolute atomic E-state index is 0.209. The van der Waals surface area contributed by atoms with Crippen LogP contribution in [0.25, 0.3) is 0 Å². The van der Waals surface area contributed by atoms with E-state index >= 15 is 0 Å². The molecule has 1 rings (SSSR count). The van der Waals surface area contributed by atoms with Gasteiger partial charge in [-0.2, -0.15) is 0 Å². The van der Waals surface area contributed by atoms with Crippen molar-refractivity contribution in [2.45, 2.75) is 66.3 Å². The van der Waals surface area contributed by atoms with Crippen molar-refractivity contribution in [1.29, 1.82) is 0 Å². The monoisotopic (exact) mass is 267 g/mol. The number of rotatable bonds is 6. The van der Waals surface area contributed by atoms with Crippen LogP contribution >= 0.6 is 11.3 Å². The highest BCUT2D eigenvalue weighted by molar-refractivity contribution is 7.11. The summed E-state index contributed by atoms with van der Waals surface area (Å²) in [6, 6.07) is 4.60. The maximum atomic E-state index is 3.66. The van der Waals surface area contributed by atoms with Crippen molar-refractivity contribution in [2.75, 3.05) is 6.54 Å². The number of aryl methyl sites for hydroxylation is 1. The van der Waals surface area contributed by atoms with E-state index in [9.17, 15) is 0 Å². The van der Waals surface area contributed by atoms with Crippen molar-refractivity contribution in [3.8, 4) is 0 Å². The van der Waals surface area contributed by atoms with Gasteiger partial charge in [-0.25, -0.2) is 0 Å². The van der Waals surface area contributed by atoms with Gasteiger partial charge in [0.05, 0.1) is 0 Å². The highest BCUT2D eigenvalue weighted by Gasteiger charge is 2.25. The van der Waals surface area contributed by atoms with Crippen molar-refractivity contribution < 1.29 is 0 Å². The second-order valence-corrected chi connectivity index (χ2v) is 7.92. The lowest BCUT2D eigenvalue weighted by Crippen LogP contribution is -2.43. The fourth-order valence-electron chi connectivity index (χ4n) is 1.92. The van der Waals surface area contributed by atoms with Gasteiger partial charge in [0, 0.05) is 21.8 Å². The lowest BCUT2D eigenvalue weighted by Gasteiger charge is -2.32. The van der Waals surface area contributed by atoms with Crippen LogP contribution in [-0.4, -0.2) is 12.1 Å². The highest BCUT2D eigenvalue weighted by Crippen LogP contribution is 2.30. The van der Waals surface area contributed by atoms with E-state index in [1.54, 1.807) is 0 Å². The van der Waals surface area contributed by atoms with Crippen molar-refractivity contribution >= 4 is 11.3 Å². The number of hydrogen-bond donors (Lipinski definition) is 1. The van der Waals surface area contributed by atoms with Gasteiger partial charge in [-0.15, -0.1) is 11.3 Å². The SMILES string of the molecule is CCc1ccc(CC(C)(CC)CNC(C)(C)C)s1. The molecule has 0 spiro atoms. The van der Waals surface area contributed by atoms with Crippen LogP contribution in [0.5, 0.6) is 0 Å². The predicted molar refractivity (Wildman–Crippen MR) is 83.6 cm³/mol. The molecule has 0 amide bonds. The zero-order chi connectivity index (χ0) is 13.8. The van der Waals surface area contributed by atoms with Crippen LogP contribution in [0.4, 0.5) is 0 Å². The summed E-state index contributed by atoms with van der Waals surface area (Å²) >= 11 is 1.98. The van der Waals surface area contributed by atoms with Gasteiger partial charge in [0.2, 0.25) is 0 Å². The Kier molecular flexibility index (Phi) is 5.42. The average molecular weight is 267 g/mol. The quantitative estimate of drug-likeness (QED) is 0.790. The maximum Gasteiger partial charge on any atom is 0.00967 e. The summed E-state index contributed by atoms with van der Waals surface area (Å²) in [5.41, 5.74) is 0.573. The van der Waals surface area contributed by atoms with Crippen molar-refractivity contribution in [1.82, 2.24) is 5.32 Å². The Labute approximate surface area is 117 Å². The van der Waals surface area contributed by atoms with Crippen LogP contribution in [-0.2, 0) is 12.8 Å². The van der Waals surface area contributed by atoms with E-state index in [1.807, 2.05) is 11.3 Å². The fraction of sp³-hybridized carbons (Fsp3) is 0.750. The van der Waals surface area contributed by atoms with Gasteiger partial charge in [-0.05, 0) is 57.6 Å². The topological polar surface area (TPSA) is 12.0 Å². The van der Waals surface area contributed by atoms with E-state index in [-0.39, 0.29) is 5.54 Å². The van der Waals surface area contributed by atoms with E-state index in [0.717, 1.165) is 13.0 Å². The molecule has 0 fully saturated rings. The van der Waals surface area contributed by atoms with E-state index in [4.69, 9.17) is 0 Å². The smallest absolute Gasteiger partial charge is 0.00967 e.